The lowest BCUT2D eigenvalue weighted by Gasteiger charge is -2.21. The maximum absolute atomic E-state index is 13.1. The van der Waals surface area contributed by atoms with E-state index >= 15 is 0 Å². The first kappa shape index (κ1) is 23.3. The minimum Gasteiger partial charge on any atom is -0.495 e. The fourth-order valence-electron chi connectivity index (χ4n) is 3.48. The molecule has 0 aliphatic rings. The standard InChI is InChI=1S/C25H28N2O4S/c1-17(2)21-10-8-9-18(3)24(21)26-25(28)19-13-15-20(16-14-19)32(29,30)27(4)22-11-6-7-12-23(22)31-5/h6-17H,1-5H3,(H,26,28). The van der Waals surface area contributed by atoms with Gasteiger partial charge in [-0.25, -0.2) is 8.42 Å². The van der Waals surface area contributed by atoms with E-state index in [0.717, 1.165) is 16.8 Å². The van der Waals surface area contributed by atoms with E-state index in [1.54, 1.807) is 24.3 Å². The van der Waals surface area contributed by atoms with Gasteiger partial charge in [0.1, 0.15) is 5.75 Å². The summed E-state index contributed by atoms with van der Waals surface area (Å²) in [5, 5.41) is 2.98. The van der Waals surface area contributed by atoms with Crippen molar-refractivity contribution in [2.75, 3.05) is 23.8 Å². The van der Waals surface area contributed by atoms with Crippen molar-refractivity contribution in [2.45, 2.75) is 31.6 Å². The first-order valence-electron chi connectivity index (χ1n) is 10.3. The molecule has 3 aromatic carbocycles. The molecule has 32 heavy (non-hydrogen) atoms. The minimum absolute atomic E-state index is 0.0845. The highest BCUT2D eigenvalue weighted by molar-refractivity contribution is 7.92. The van der Waals surface area contributed by atoms with Crippen molar-refractivity contribution < 1.29 is 17.9 Å². The van der Waals surface area contributed by atoms with E-state index in [1.165, 1.54) is 42.7 Å². The van der Waals surface area contributed by atoms with E-state index in [1.807, 2.05) is 25.1 Å². The number of carbonyl (C=O) groups excluding carboxylic acids is 1. The van der Waals surface area contributed by atoms with E-state index in [4.69, 9.17) is 4.74 Å². The minimum atomic E-state index is -3.83. The Balaban J connectivity index is 1.86. The summed E-state index contributed by atoms with van der Waals surface area (Å²) in [5.74, 6) is 0.417. The molecule has 0 bridgehead atoms. The molecule has 1 amide bonds. The average Bonchev–Trinajstić information content (AvgIpc) is 2.79. The van der Waals surface area contributed by atoms with Crippen LogP contribution >= 0.6 is 0 Å². The Morgan fingerprint density at radius 3 is 2.25 bits per heavy atom. The summed E-state index contributed by atoms with van der Waals surface area (Å²) in [6, 6.07) is 18.7. The van der Waals surface area contributed by atoms with Crippen LogP contribution in [0.1, 0.15) is 41.3 Å². The highest BCUT2D eigenvalue weighted by Crippen LogP contribution is 2.31. The van der Waals surface area contributed by atoms with Crippen LogP contribution in [0.15, 0.2) is 71.6 Å². The molecule has 0 atom stereocenters. The number of nitrogens with one attached hydrogen (secondary N) is 1. The smallest absolute Gasteiger partial charge is 0.264 e. The van der Waals surface area contributed by atoms with Gasteiger partial charge >= 0.3 is 0 Å². The number of sulfonamides is 1. The molecular weight excluding hydrogens is 424 g/mol. The second-order valence-electron chi connectivity index (χ2n) is 7.82. The zero-order chi connectivity index (χ0) is 23.5. The van der Waals surface area contributed by atoms with Crippen LogP contribution in [0.3, 0.4) is 0 Å². The van der Waals surface area contributed by atoms with Gasteiger partial charge in [-0.3, -0.25) is 9.10 Å². The molecule has 3 rings (SSSR count). The number of carbonyl (C=O) groups is 1. The van der Waals surface area contributed by atoms with Crippen LogP contribution in [0.25, 0.3) is 0 Å². The Morgan fingerprint density at radius 2 is 1.62 bits per heavy atom. The number of rotatable bonds is 7. The van der Waals surface area contributed by atoms with E-state index in [-0.39, 0.29) is 16.7 Å². The van der Waals surface area contributed by atoms with Crippen LogP contribution in [0.4, 0.5) is 11.4 Å². The maximum atomic E-state index is 13.1. The molecule has 6 nitrogen and oxygen atoms in total. The summed E-state index contributed by atoms with van der Waals surface area (Å²) in [5.41, 5.74) is 3.62. The molecule has 0 saturated heterocycles. The lowest BCUT2D eigenvalue weighted by atomic mass is 9.98. The summed E-state index contributed by atoms with van der Waals surface area (Å²) < 4.78 is 32.7. The molecule has 0 fully saturated rings. The number of benzene rings is 3. The van der Waals surface area contributed by atoms with Crippen molar-refractivity contribution in [1.29, 1.82) is 0 Å². The van der Waals surface area contributed by atoms with Gasteiger partial charge < -0.3 is 10.1 Å². The lowest BCUT2D eigenvalue weighted by Crippen LogP contribution is -2.27. The summed E-state index contributed by atoms with van der Waals surface area (Å²) in [4.78, 5) is 12.9. The van der Waals surface area contributed by atoms with Crippen LogP contribution in [-0.2, 0) is 10.0 Å². The summed E-state index contributed by atoms with van der Waals surface area (Å²) >= 11 is 0. The second kappa shape index (κ2) is 9.44. The van der Waals surface area contributed by atoms with Gasteiger partial charge in [0.25, 0.3) is 15.9 Å². The molecule has 0 heterocycles. The van der Waals surface area contributed by atoms with Gasteiger partial charge in [-0.2, -0.15) is 0 Å². The number of nitrogens with zero attached hydrogens (tertiary/aromatic N) is 1. The molecule has 7 heteroatoms. The number of methoxy groups -OCH3 is 1. The van der Waals surface area contributed by atoms with Crippen LogP contribution in [-0.4, -0.2) is 28.5 Å². The Morgan fingerprint density at radius 1 is 0.969 bits per heavy atom. The molecule has 0 aliphatic heterocycles. The lowest BCUT2D eigenvalue weighted by molar-refractivity contribution is 0.102. The van der Waals surface area contributed by atoms with Gasteiger partial charge in [-0.15, -0.1) is 0 Å². The van der Waals surface area contributed by atoms with Crippen molar-refractivity contribution in [3.63, 3.8) is 0 Å². The SMILES string of the molecule is COc1ccccc1N(C)S(=O)(=O)c1ccc(C(=O)Nc2c(C)cccc2C(C)C)cc1. The van der Waals surface area contributed by atoms with Crippen LogP contribution in [0, 0.1) is 6.92 Å². The topological polar surface area (TPSA) is 75.7 Å². The van der Waals surface area contributed by atoms with Crippen LogP contribution in [0.2, 0.25) is 0 Å². The Bertz CT molecular complexity index is 1220. The average molecular weight is 453 g/mol. The summed E-state index contributed by atoms with van der Waals surface area (Å²) in [6.45, 7) is 6.09. The third kappa shape index (κ3) is 4.62. The number of aryl methyl sites for hydroxylation is 1. The Kier molecular flexibility index (Phi) is 6.89. The van der Waals surface area contributed by atoms with Crippen LogP contribution < -0.4 is 14.4 Å². The third-order valence-electron chi connectivity index (χ3n) is 5.36. The predicted octanol–water partition coefficient (Wildman–Crippen LogP) is 5.20. The van der Waals surface area contributed by atoms with Crippen molar-refractivity contribution >= 4 is 27.3 Å². The molecule has 0 aliphatic carbocycles. The molecule has 1 N–H and O–H groups in total. The molecule has 0 unspecified atom stereocenters. The number of hydrogen-bond acceptors (Lipinski definition) is 4. The van der Waals surface area contributed by atoms with E-state index in [2.05, 4.69) is 19.2 Å². The van der Waals surface area contributed by atoms with Gasteiger partial charge in [0, 0.05) is 18.3 Å². The fourth-order valence-corrected chi connectivity index (χ4v) is 4.69. The number of hydrogen-bond donors (Lipinski definition) is 1. The highest BCUT2D eigenvalue weighted by Gasteiger charge is 2.24. The number of amides is 1. The molecule has 0 spiro atoms. The summed E-state index contributed by atoms with van der Waals surface area (Å²) in [7, 11) is -0.865. The van der Waals surface area contributed by atoms with Crippen molar-refractivity contribution in [3.05, 3.63) is 83.4 Å². The van der Waals surface area contributed by atoms with Gasteiger partial charge in [0.05, 0.1) is 17.7 Å². The maximum Gasteiger partial charge on any atom is 0.264 e. The van der Waals surface area contributed by atoms with E-state index in [0.29, 0.717) is 17.0 Å². The van der Waals surface area contributed by atoms with E-state index < -0.39 is 10.0 Å². The van der Waals surface area contributed by atoms with Crippen molar-refractivity contribution in [3.8, 4) is 5.75 Å². The monoisotopic (exact) mass is 452 g/mol. The Labute approximate surface area is 189 Å². The van der Waals surface area contributed by atoms with Gasteiger partial charge in [-0.1, -0.05) is 44.2 Å². The normalized spacial score (nSPS) is 11.3. The number of para-hydroxylation sites is 3. The molecule has 0 aromatic heterocycles. The third-order valence-corrected chi connectivity index (χ3v) is 7.15. The van der Waals surface area contributed by atoms with Crippen LogP contribution in [0.5, 0.6) is 5.75 Å². The number of ether oxygens (including phenoxy) is 1. The molecule has 0 radical (unpaired) electrons. The largest absolute Gasteiger partial charge is 0.495 e. The zero-order valence-electron chi connectivity index (χ0n) is 18.9. The first-order chi connectivity index (χ1) is 15.2. The summed E-state index contributed by atoms with van der Waals surface area (Å²) in [6.07, 6.45) is 0. The van der Waals surface area contributed by atoms with E-state index in [9.17, 15) is 13.2 Å². The molecule has 168 valence electrons. The molecular formula is C25H28N2O4S. The zero-order valence-corrected chi connectivity index (χ0v) is 19.7. The predicted molar refractivity (Wildman–Crippen MR) is 128 cm³/mol. The number of anilines is 2. The quantitative estimate of drug-likeness (QED) is 0.534. The highest BCUT2D eigenvalue weighted by atomic mass is 32.2. The van der Waals surface area contributed by atoms with Crippen molar-refractivity contribution in [2.24, 2.45) is 0 Å². The fraction of sp³-hybridized carbons (Fsp3) is 0.240. The van der Waals surface area contributed by atoms with Gasteiger partial charge in [0.15, 0.2) is 0 Å². The second-order valence-corrected chi connectivity index (χ2v) is 9.79. The molecule has 3 aromatic rings. The van der Waals surface area contributed by atoms with Crippen molar-refractivity contribution in [1.82, 2.24) is 0 Å². The van der Waals surface area contributed by atoms with Gasteiger partial charge in [-0.05, 0) is 60.4 Å². The first-order valence-corrected chi connectivity index (χ1v) is 11.7. The molecule has 0 saturated carbocycles. The Hall–Kier alpha value is -3.32. The van der Waals surface area contributed by atoms with Gasteiger partial charge in [0.2, 0.25) is 0 Å².